The van der Waals surface area contributed by atoms with Gasteiger partial charge in [-0.3, -0.25) is 14.5 Å². The summed E-state index contributed by atoms with van der Waals surface area (Å²) >= 11 is 0. The minimum absolute atomic E-state index is 0.0888. The first-order valence-corrected chi connectivity index (χ1v) is 6.74. The molecule has 0 fully saturated rings. The van der Waals surface area contributed by atoms with Crippen molar-refractivity contribution in [2.24, 2.45) is 0 Å². The van der Waals surface area contributed by atoms with Gasteiger partial charge in [-0.1, -0.05) is 18.2 Å². The number of methoxy groups -OCH3 is 1. The smallest absolute Gasteiger partial charge is 0.331 e. The molecular weight excluding hydrogens is 302 g/mol. The van der Waals surface area contributed by atoms with Gasteiger partial charge in [-0.2, -0.15) is 0 Å². The summed E-state index contributed by atoms with van der Waals surface area (Å²) < 4.78 is 9.12. The molecule has 0 bridgehead atoms. The van der Waals surface area contributed by atoms with E-state index in [-0.39, 0.29) is 13.2 Å². The van der Waals surface area contributed by atoms with Crippen LogP contribution in [0.25, 0.3) is 0 Å². The van der Waals surface area contributed by atoms with Gasteiger partial charge in [0.15, 0.2) is 0 Å². The van der Waals surface area contributed by atoms with Crippen LogP contribution in [0.2, 0.25) is 0 Å². The van der Waals surface area contributed by atoms with Crippen LogP contribution >= 0.6 is 0 Å². The molecule has 7 nitrogen and oxygen atoms in total. The monoisotopic (exact) mass is 319 g/mol. The van der Waals surface area contributed by atoms with Crippen molar-refractivity contribution in [2.45, 2.75) is 6.92 Å². The van der Waals surface area contributed by atoms with Crippen LogP contribution in [0.15, 0.2) is 36.4 Å². The highest BCUT2D eigenvalue weighted by Gasteiger charge is 2.16. The molecule has 23 heavy (non-hydrogen) atoms. The van der Waals surface area contributed by atoms with E-state index in [4.69, 9.17) is 4.74 Å². The van der Waals surface area contributed by atoms with Crippen LogP contribution in [0, 0.1) is 6.92 Å². The summed E-state index contributed by atoms with van der Waals surface area (Å²) in [6.07, 6.45) is 2.20. The zero-order valence-corrected chi connectivity index (χ0v) is 12.9. The Morgan fingerprint density at radius 3 is 2.39 bits per heavy atom. The number of esters is 2. The van der Waals surface area contributed by atoms with Gasteiger partial charge < -0.3 is 9.47 Å². The predicted octanol–water partition coefficient (Wildman–Crippen LogP) is 0.866. The highest BCUT2D eigenvalue weighted by molar-refractivity contribution is 6.01. The van der Waals surface area contributed by atoms with Gasteiger partial charge in [0.2, 0.25) is 6.41 Å². The van der Waals surface area contributed by atoms with Crippen LogP contribution in [-0.4, -0.2) is 49.4 Å². The van der Waals surface area contributed by atoms with Crippen molar-refractivity contribution in [1.82, 2.24) is 4.90 Å². The van der Waals surface area contributed by atoms with Gasteiger partial charge >= 0.3 is 11.9 Å². The molecule has 0 aromatic heterocycles. The Balaban J connectivity index is 2.55. The van der Waals surface area contributed by atoms with Gasteiger partial charge in [-0.15, -0.1) is 0 Å². The van der Waals surface area contributed by atoms with Gasteiger partial charge in [0.05, 0.1) is 13.7 Å². The molecule has 1 aromatic carbocycles. The van der Waals surface area contributed by atoms with E-state index in [1.807, 2.05) is 0 Å². The molecule has 0 radical (unpaired) electrons. The maximum atomic E-state index is 12.2. The largest absolute Gasteiger partial charge is 0.466 e. The Morgan fingerprint density at radius 1 is 1.13 bits per heavy atom. The summed E-state index contributed by atoms with van der Waals surface area (Å²) in [6.45, 7) is 1.49. The lowest BCUT2D eigenvalue weighted by molar-refractivity contribution is -0.140. The fourth-order valence-corrected chi connectivity index (χ4v) is 1.67. The number of carbonyl (C=O) groups excluding carboxylic acids is 4. The molecule has 2 amide bonds. The minimum Gasteiger partial charge on any atom is -0.466 e. The molecule has 0 saturated heterocycles. The first-order valence-electron chi connectivity index (χ1n) is 6.74. The summed E-state index contributed by atoms with van der Waals surface area (Å²) in [5, 5.41) is 0. The number of aryl methyl sites for hydroxylation is 1. The number of carbonyl (C=O) groups is 4. The van der Waals surface area contributed by atoms with Crippen molar-refractivity contribution in [3.8, 4) is 0 Å². The standard InChI is InChI=1S/C16H17NO6/c1-12-5-3-4-6-13(12)16(21)17(11-18)9-10-23-15(20)8-7-14(19)22-2/h3-8,11H,9-10H2,1-2H3/b8-7+. The van der Waals surface area contributed by atoms with E-state index in [0.717, 1.165) is 22.6 Å². The molecular formula is C16H17NO6. The van der Waals surface area contributed by atoms with Crippen molar-refractivity contribution in [3.63, 3.8) is 0 Å². The van der Waals surface area contributed by atoms with Crippen LogP contribution in [-0.2, 0) is 23.9 Å². The van der Waals surface area contributed by atoms with E-state index in [1.54, 1.807) is 31.2 Å². The topological polar surface area (TPSA) is 90.0 Å². The van der Waals surface area contributed by atoms with Crippen molar-refractivity contribution >= 4 is 24.3 Å². The Labute approximate surface area is 133 Å². The Hall–Kier alpha value is -2.96. The fraction of sp³-hybridized carbons (Fsp3) is 0.250. The molecule has 0 N–H and O–H groups in total. The number of amides is 2. The van der Waals surface area contributed by atoms with Gasteiger partial charge in [0, 0.05) is 17.7 Å². The van der Waals surface area contributed by atoms with Crippen LogP contribution < -0.4 is 0 Å². The van der Waals surface area contributed by atoms with Gasteiger partial charge in [0.25, 0.3) is 5.91 Å². The van der Waals surface area contributed by atoms with Gasteiger partial charge in [-0.05, 0) is 18.6 Å². The average Bonchev–Trinajstić information content (AvgIpc) is 2.56. The lowest BCUT2D eigenvalue weighted by Crippen LogP contribution is -2.33. The molecule has 0 saturated carbocycles. The van der Waals surface area contributed by atoms with E-state index in [2.05, 4.69) is 4.74 Å². The molecule has 0 aliphatic carbocycles. The number of nitrogens with zero attached hydrogens (tertiary/aromatic N) is 1. The fourth-order valence-electron chi connectivity index (χ4n) is 1.67. The SMILES string of the molecule is COC(=O)/C=C/C(=O)OCCN(C=O)C(=O)c1ccccc1C. The van der Waals surface area contributed by atoms with E-state index in [9.17, 15) is 19.2 Å². The first-order chi connectivity index (χ1) is 11.0. The number of hydrogen-bond acceptors (Lipinski definition) is 6. The van der Waals surface area contributed by atoms with Crippen LogP contribution in [0.5, 0.6) is 0 Å². The highest BCUT2D eigenvalue weighted by Crippen LogP contribution is 2.09. The van der Waals surface area contributed by atoms with Crippen molar-refractivity contribution in [2.75, 3.05) is 20.3 Å². The summed E-state index contributed by atoms with van der Waals surface area (Å²) in [7, 11) is 1.18. The molecule has 7 heteroatoms. The Kier molecular flexibility index (Phi) is 7.19. The van der Waals surface area contributed by atoms with Crippen LogP contribution in [0.3, 0.4) is 0 Å². The first kappa shape index (κ1) is 18.1. The third kappa shape index (κ3) is 5.74. The second-order valence-corrected chi connectivity index (χ2v) is 4.44. The number of ether oxygens (including phenoxy) is 2. The molecule has 1 aromatic rings. The average molecular weight is 319 g/mol. The van der Waals surface area contributed by atoms with Crippen molar-refractivity contribution in [3.05, 3.63) is 47.5 Å². The quantitative estimate of drug-likeness (QED) is 0.421. The number of rotatable bonds is 7. The lowest BCUT2D eigenvalue weighted by Gasteiger charge is -2.16. The van der Waals surface area contributed by atoms with E-state index in [1.165, 1.54) is 7.11 Å². The van der Waals surface area contributed by atoms with Crippen molar-refractivity contribution in [1.29, 1.82) is 0 Å². The van der Waals surface area contributed by atoms with Gasteiger partial charge in [0.1, 0.15) is 6.61 Å². The van der Waals surface area contributed by atoms with E-state index in [0.29, 0.717) is 12.0 Å². The zero-order valence-electron chi connectivity index (χ0n) is 12.9. The van der Waals surface area contributed by atoms with Crippen LogP contribution in [0.4, 0.5) is 0 Å². The van der Waals surface area contributed by atoms with Crippen molar-refractivity contribution < 1.29 is 28.7 Å². The number of hydrogen-bond donors (Lipinski definition) is 0. The third-order valence-electron chi connectivity index (χ3n) is 2.90. The number of benzene rings is 1. The molecule has 0 heterocycles. The van der Waals surface area contributed by atoms with Gasteiger partial charge in [-0.25, -0.2) is 9.59 Å². The van der Waals surface area contributed by atoms with E-state index < -0.39 is 17.8 Å². The second kappa shape index (κ2) is 9.14. The summed E-state index contributed by atoms with van der Waals surface area (Å²) in [4.78, 5) is 46.3. The highest BCUT2D eigenvalue weighted by atomic mass is 16.5. The van der Waals surface area contributed by atoms with E-state index >= 15 is 0 Å². The normalized spacial score (nSPS) is 10.2. The molecule has 0 atom stereocenters. The summed E-state index contributed by atoms with van der Waals surface area (Å²) in [6, 6.07) is 6.85. The molecule has 122 valence electrons. The Morgan fingerprint density at radius 2 is 1.78 bits per heavy atom. The summed E-state index contributed by atoms with van der Waals surface area (Å²) in [5.41, 5.74) is 1.14. The van der Waals surface area contributed by atoms with Crippen LogP contribution in [0.1, 0.15) is 15.9 Å². The molecule has 0 aliphatic rings. The molecule has 0 spiro atoms. The molecule has 0 aliphatic heterocycles. The zero-order chi connectivity index (χ0) is 17.2. The lowest BCUT2D eigenvalue weighted by atomic mass is 10.1. The number of imide groups is 1. The molecule has 0 unspecified atom stereocenters. The maximum absolute atomic E-state index is 12.2. The maximum Gasteiger partial charge on any atom is 0.331 e. The second-order valence-electron chi connectivity index (χ2n) is 4.44. The predicted molar refractivity (Wildman–Crippen MR) is 80.4 cm³/mol. The third-order valence-corrected chi connectivity index (χ3v) is 2.90. The Bertz CT molecular complexity index is 623. The molecule has 1 rings (SSSR count). The summed E-state index contributed by atoms with van der Waals surface area (Å²) in [5.74, 6) is -1.94. The minimum atomic E-state index is -0.774.